The van der Waals surface area contributed by atoms with Gasteiger partial charge in [0.2, 0.25) is 0 Å². The van der Waals surface area contributed by atoms with Gasteiger partial charge in [0.15, 0.2) is 17.5 Å². The zero-order chi connectivity index (χ0) is 21.2. The highest BCUT2D eigenvalue weighted by molar-refractivity contribution is 14.0. The maximum Gasteiger partial charge on any atom is 0.191 e. The van der Waals surface area contributed by atoms with E-state index >= 15 is 0 Å². The molecule has 6 nitrogen and oxygen atoms in total. The molecule has 1 aliphatic heterocycles. The second-order valence-corrected chi connectivity index (χ2v) is 9.30. The molecule has 1 heterocycles. The number of rotatable bonds is 9. The normalized spacial score (nSPS) is 18.9. The molecule has 1 saturated heterocycles. The first-order valence-corrected chi connectivity index (χ1v) is 12.4. The third-order valence-corrected chi connectivity index (χ3v) is 7.45. The van der Waals surface area contributed by atoms with E-state index in [9.17, 15) is 0 Å². The molecule has 1 aliphatic carbocycles. The topological polar surface area (TPSA) is 64.1 Å². The third kappa shape index (κ3) is 7.60. The maximum atomic E-state index is 6.36. The van der Waals surface area contributed by atoms with Crippen LogP contribution in [-0.2, 0) is 11.3 Å². The van der Waals surface area contributed by atoms with Crippen molar-refractivity contribution in [3.63, 3.8) is 0 Å². The number of ether oxygens (including phenoxy) is 3. The van der Waals surface area contributed by atoms with E-state index < -0.39 is 0 Å². The summed E-state index contributed by atoms with van der Waals surface area (Å²) >= 11 is 1.93. The summed E-state index contributed by atoms with van der Waals surface area (Å²) in [4.78, 5) is 4.86. The number of hydrogen-bond donors (Lipinski definition) is 2. The first-order valence-electron chi connectivity index (χ1n) is 11.2. The Bertz CT molecular complexity index is 693. The van der Waals surface area contributed by atoms with Crippen LogP contribution in [0, 0.1) is 0 Å². The summed E-state index contributed by atoms with van der Waals surface area (Å²) < 4.78 is 17.7. The number of methoxy groups -OCH3 is 1. The van der Waals surface area contributed by atoms with Crippen LogP contribution in [0.3, 0.4) is 0 Å². The first-order chi connectivity index (χ1) is 14.7. The van der Waals surface area contributed by atoms with Gasteiger partial charge in [-0.2, -0.15) is 11.8 Å². The Balaban J connectivity index is 0.00000341. The number of thioether (sulfide) groups is 1. The van der Waals surface area contributed by atoms with Gasteiger partial charge < -0.3 is 24.8 Å². The fourth-order valence-electron chi connectivity index (χ4n) is 4.10. The molecule has 0 unspecified atom stereocenters. The minimum atomic E-state index is 0. The zero-order valence-electron chi connectivity index (χ0n) is 19.1. The lowest BCUT2D eigenvalue weighted by molar-refractivity contribution is 0.0783. The summed E-state index contributed by atoms with van der Waals surface area (Å²) in [6.45, 7) is 6.02. The highest BCUT2D eigenvalue weighted by Gasteiger charge is 2.31. The van der Waals surface area contributed by atoms with Gasteiger partial charge >= 0.3 is 0 Å². The van der Waals surface area contributed by atoms with Crippen LogP contribution in [0.15, 0.2) is 23.2 Å². The van der Waals surface area contributed by atoms with Crippen molar-refractivity contribution >= 4 is 41.7 Å². The smallest absolute Gasteiger partial charge is 0.191 e. The van der Waals surface area contributed by atoms with Crippen molar-refractivity contribution < 1.29 is 14.2 Å². The van der Waals surface area contributed by atoms with E-state index in [1.807, 2.05) is 23.9 Å². The van der Waals surface area contributed by atoms with Gasteiger partial charge in [-0.1, -0.05) is 12.1 Å². The van der Waals surface area contributed by atoms with Gasteiger partial charge in [0.05, 0.1) is 19.8 Å². The van der Waals surface area contributed by atoms with Crippen LogP contribution < -0.4 is 20.1 Å². The molecule has 0 amide bonds. The molecule has 2 aliphatic rings. The van der Waals surface area contributed by atoms with Crippen LogP contribution in [-0.4, -0.2) is 56.5 Å². The summed E-state index contributed by atoms with van der Waals surface area (Å²) in [5.41, 5.74) is 1.06. The molecule has 3 rings (SSSR count). The number of nitrogens with zero attached hydrogens (tertiary/aromatic N) is 1. The summed E-state index contributed by atoms with van der Waals surface area (Å²) in [6, 6.07) is 6.06. The Morgan fingerprint density at radius 3 is 2.61 bits per heavy atom. The van der Waals surface area contributed by atoms with Gasteiger partial charge in [0.25, 0.3) is 0 Å². The van der Waals surface area contributed by atoms with Gasteiger partial charge in [-0.15, -0.1) is 24.0 Å². The number of nitrogens with one attached hydrogen (secondary N) is 2. The fourth-order valence-corrected chi connectivity index (χ4v) is 4.89. The molecule has 31 heavy (non-hydrogen) atoms. The number of aliphatic imine (C=N–C) groups is 1. The van der Waals surface area contributed by atoms with Gasteiger partial charge in [0.1, 0.15) is 0 Å². The molecule has 0 aromatic heterocycles. The molecule has 0 spiro atoms. The lowest BCUT2D eigenvalue weighted by Gasteiger charge is -2.36. The summed E-state index contributed by atoms with van der Waals surface area (Å²) in [7, 11) is 1.70. The van der Waals surface area contributed by atoms with Crippen molar-refractivity contribution in [2.24, 2.45) is 4.99 Å². The van der Waals surface area contributed by atoms with Crippen molar-refractivity contribution in [3.8, 4) is 11.5 Å². The van der Waals surface area contributed by atoms with Crippen molar-refractivity contribution in [3.05, 3.63) is 23.8 Å². The highest BCUT2D eigenvalue weighted by Crippen LogP contribution is 2.35. The molecular formula is C23H38IN3O3S. The second-order valence-electron chi connectivity index (χ2n) is 8.02. The quantitative estimate of drug-likeness (QED) is 0.260. The number of benzene rings is 1. The van der Waals surface area contributed by atoms with Gasteiger partial charge in [-0.3, -0.25) is 0 Å². The largest absolute Gasteiger partial charge is 0.493 e. The molecule has 1 aromatic carbocycles. The maximum absolute atomic E-state index is 6.36. The molecule has 1 saturated carbocycles. The molecule has 0 atom stereocenters. The average Bonchev–Trinajstić information content (AvgIpc) is 3.30. The van der Waals surface area contributed by atoms with Crippen LogP contribution in [0.2, 0.25) is 0 Å². The number of halogens is 1. The lowest BCUT2D eigenvalue weighted by atomic mass is 9.99. The molecule has 2 N–H and O–H groups in total. The molecule has 176 valence electrons. The molecule has 1 aromatic rings. The summed E-state index contributed by atoms with van der Waals surface area (Å²) in [5, 5.41) is 6.95. The standard InChI is InChI=1S/C23H37N3O3S.HI/c1-4-24-22(26-17-23(30-3)12-14-28-15-13-23)25-16-18-8-7-11-20(27-2)21(18)29-19-9-5-6-10-19;/h7-8,11,19H,4-6,9-10,12-17H2,1-3H3,(H2,24,25,26);1H. The molecule has 0 bridgehead atoms. The van der Waals surface area contributed by atoms with Gasteiger partial charge in [0, 0.05) is 36.6 Å². The monoisotopic (exact) mass is 563 g/mol. The van der Waals surface area contributed by atoms with E-state index in [-0.39, 0.29) is 34.8 Å². The molecule has 8 heteroatoms. The summed E-state index contributed by atoms with van der Waals surface area (Å²) in [6.07, 6.45) is 9.32. The zero-order valence-corrected chi connectivity index (χ0v) is 22.2. The van der Waals surface area contributed by atoms with Crippen molar-refractivity contribution in [2.75, 3.05) is 39.7 Å². The van der Waals surface area contributed by atoms with E-state index in [0.717, 1.165) is 75.0 Å². The molecule has 2 fully saturated rings. The van der Waals surface area contributed by atoms with E-state index in [0.29, 0.717) is 6.54 Å². The SMILES string of the molecule is CCNC(=NCc1cccc(OC)c1OC1CCCC1)NCC1(SC)CCOCC1.I. The average molecular weight is 564 g/mol. The van der Waals surface area contributed by atoms with Crippen LogP contribution in [0.5, 0.6) is 11.5 Å². The van der Waals surface area contributed by atoms with E-state index in [4.69, 9.17) is 19.2 Å². The van der Waals surface area contributed by atoms with Gasteiger partial charge in [-0.05, 0) is 57.8 Å². The van der Waals surface area contributed by atoms with Crippen LogP contribution in [0.25, 0.3) is 0 Å². The predicted molar refractivity (Wildman–Crippen MR) is 140 cm³/mol. The third-order valence-electron chi connectivity index (χ3n) is 6.03. The van der Waals surface area contributed by atoms with Gasteiger partial charge in [-0.25, -0.2) is 4.99 Å². The minimum absolute atomic E-state index is 0. The van der Waals surface area contributed by atoms with Crippen molar-refractivity contribution in [1.29, 1.82) is 0 Å². The first kappa shape index (κ1) is 26.4. The number of para-hydroxylation sites is 1. The Hall–Kier alpha value is -0.870. The molecular weight excluding hydrogens is 525 g/mol. The van der Waals surface area contributed by atoms with Crippen molar-refractivity contribution in [2.45, 2.75) is 62.8 Å². The Labute approximate surface area is 208 Å². The van der Waals surface area contributed by atoms with Crippen molar-refractivity contribution in [1.82, 2.24) is 10.6 Å². The van der Waals surface area contributed by atoms with Crippen LogP contribution in [0.4, 0.5) is 0 Å². The van der Waals surface area contributed by atoms with E-state index in [2.05, 4.69) is 29.9 Å². The Morgan fingerprint density at radius 1 is 1.23 bits per heavy atom. The number of hydrogen-bond acceptors (Lipinski definition) is 5. The second kappa shape index (κ2) is 13.6. The van der Waals surface area contributed by atoms with Crippen LogP contribution >= 0.6 is 35.7 Å². The Kier molecular flexibility index (Phi) is 11.6. The number of guanidine groups is 1. The summed E-state index contributed by atoms with van der Waals surface area (Å²) in [5.74, 6) is 2.47. The van der Waals surface area contributed by atoms with E-state index in [1.165, 1.54) is 12.8 Å². The lowest BCUT2D eigenvalue weighted by Crippen LogP contribution is -2.47. The predicted octanol–water partition coefficient (Wildman–Crippen LogP) is 4.60. The Morgan fingerprint density at radius 2 is 1.97 bits per heavy atom. The minimum Gasteiger partial charge on any atom is -0.493 e. The highest BCUT2D eigenvalue weighted by atomic mass is 127. The van der Waals surface area contributed by atoms with E-state index in [1.54, 1.807) is 7.11 Å². The molecule has 0 radical (unpaired) electrons. The van der Waals surface area contributed by atoms with Crippen LogP contribution in [0.1, 0.15) is 51.0 Å². The fraction of sp³-hybridized carbons (Fsp3) is 0.696.